The summed E-state index contributed by atoms with van der Waals surface area (Å²) in [4.78, 5) is 58.9. The molecule has 0 fully saturated rings. The summed E-state index contributed by atoms with van der Waals surface area (Å²) in [7, 11) is 0. The van der Waals surface area contributed by atoms with Crippen molar-refractivity contribution in [3.8, 4) is 0 Å². The van der Waals surface area contributed by atoms with E-state index >= 15 is 0 Å². The Morgan fingerprint density at radius 3 is 1.97 bits per heavy atom. The molecule has 0 heterocycles. The molecular formula is C18H24N4O7S. The zero-order chi connectivity index (χ0) is 22.7. The molecule has 7 N–H and O–H groups in total. The standard InChI is InChI=1S/C18H24N4O7S/c19-8-14(23)20-13(9-30)17(27)21-11(7-15(24)25)16(26)22-12(18(28)29)6-10-4-2-1-3-5-10/h1-5,11-13,30H,6-9,19H2,(H,20,23)(H,21,27)(H,22,26)(H,24,25)(H,28,29). The zero-order valence-corrected chi connectivity index (χ0v) is 16.8. The topological polar surface area (TPSA) is 188 Å². The summed E-state index contributed by atoms with van der Waals surface area (Å²) >= 11 is 3.94. The van der Waals surface area contributed by atoms with Gasteiger partial charge in [-0.2, -0.15) is 12.6 Å². The summed E-state index contributed by atoms with van der Waals surface area (Å²) in [5, 5.41) is 25.2. The van der Waals surface area contributed by atoms with Crippen LogP contribution < -0.4 is 21.7 Å². The fourth-order valence-corrected chi connectivity index (χ4v) is 2.68. The highest BCUT2D eigenvalue weighted by atomic mass is 32.1. The average molecular weight is 440 g/mol. The van der Waals surface area contributed by atoms with Crippen LogP contribution in [0.5, 0.6) is 0 Å². The summed E-state index contributed by atoms with van der Waals surface area (Å²) < 4.78 is 0. The number of carboxylic acid groups (broad SMARTS) is 2. The molecule has 0 aliphatic carbocycles. The monoisotopic (exact) mass is 440 g/mol. The van der Waals surface area contributed by atoms with E-state index in [0.717, 1.165) is 0 Å². The summed E-state index contributed by atoms with van der Waals surface area (Å²) in [5.74, 6) is -5.34. The molecule has 3 atom stereocenters. The number of amides is 3. The quantitative estimate of drug-likeness (QED) is 0.184. The Morgan fingerprint density at radius 2 is 1.47 bits per heavy atom. The number of rotatable bonds is 12. The van der Waals surface area contributed by atoms with Gasteiger partial charge in [-0.3, -0.25) is 19.2 Å². The van der Waals surface area contributed by atoms with Crippen LogP contribution in [-0.4, -0.2) is 70.3 Å². The molecule has 3 unspecified atom stereocenters. The first kappa shape index (κ1) is 24.9. The van der Waals surface area contributed by atoms with Gasteiger partial charge in [-0.25, -0.2) is 4.79 Å². The number of nitrogens with two attached hydrogens (primary N) is 1. The van der Waals surface area contributed by atoms with Gasteiger partial charge in [0.2, 0.25) is 17.7 Å². The summed E-state index contributed by atoms with van der Waals surface area (Å²) in [6.07, 6.45) is -0.832. The fourth-order valence-electron chi connectivity index (χ4n) is 2.43. The van der Waals surface area contributed by atoms with Crippen LogP contribution in [0.2, 0.25) is 0 Å². The normalized spacial score (nSPS) is 13.4. The van der Waals surface area contributed by atoms with Crippen LogP contribution in [0, 0.1) is 0 Å². The molecule has 1 rings (SSSR count). The van der Waals surface area contributed by atoms with Crippen molar-refractivity contribution in [1.82, 2.24) is 16.0 Å². The van der Waals surface area contributed by atoms with E-state index in [1.165, 1.54) is 0 Å². The Hall–Kier alpha value is -3.12. The third-order valence-corrected chi connectivity index (χ3v) is 4.29. The van der Waals surface area contributed by atoms with E-state index in [4.69, 9.17) is 10.8 Å². The van der Waals surface area contributed by atoms with Crippen molar-refractivity contribution >= 4 is 42.3 Å². The number of nitrogens with one attached hydrogen (secondary N) is 3. The molecule has 11 nitrogen and oxygen atoms in total. The van der Waals surface area contributed by atoms with E-state index < -0.39 is 54.2 Å². The third kappa shape index (κ3) is 8.49. The van der Waals surface area contributed by atoms with Crippen LogP contribution in [0.1, 0.15) is 12.0 Å². The summed E-state index contributed by atoms with van der Waals surface area (Å²) in [5.41, 5.74) is 5.81. The van der Waals surface area contributed by atoms with Gasteiger partial charge < -0.3 is 31.9 Å². The van der Waals surface area contributed by atoms with Gasteiger partial charge in [-0.05, 0) is 5.56 Å². The number of carbonyl (C=O) groups is 5. The van der Waals surface area contributed by atoms with E-state index in [0.29, 0.717) is 5.56 Å². The van der Waals surface area contributed by atoms with Crippen molar-refractivity contribution in [2.75, 3.05) is 12.3 Å². The van der Waals surface area contributed by atoms with E-state index in [-0.39, 0.29) is 18.7 Å². The van der Waals surface area contributed by atoms with Crippen LogP contribution in [0.3, 0.4) is 0 Å². The predicted molar refractivity (Wildman–Crippen MR) is 109 cm³/mol. The van der Waals surface area contributed by atoms with E-state index in [9.17, 15) is 29.1 Å². The minimum atomic E-state index is -1.57. The van der Waals surface area contributed by atoms with Crippen molar-refractivity contribution in [2.45, 2.75) is 31.0 Å². The van der Waals surface area contributed by atoms with E-state index in [2.05, 4.69) is 28.6 Å². The molecule has 0 aliphatic rings. The molecule has 0 aliphatic heterocycles. The van der Waals surface area contributed by atoms with Gasteiger partial charge in [0.25, 0.3) is 0 Å². The Morgan fingerprint density at radius 1 is 0.900 bits per heavy atom. The minimum Gasteiger partial charge on any atom is -0.481 e. The van der Waals surface area contributed by atoms with Crippen LogP contribution in [0.4, 0.5) is 0 Å². The van der Waals surface area contributed by atoms with Gasteiger partial charge in [0.15, 0.2) is 0 Å². The smallest absolute Gasteiger partial charge is 0.326 e. The molecule has 0 radical (unpaired) electrons. The molecule has 0 saturated heterocycles. The second-order valence-corrected chi connectivity index (χ2v) is 6.62. The SMILES string of the molecule is NCC(=O)NC(CS)C(=O)NC(CC(=O)O)C(=O)NC(Cc1ccccc1)C(=O)O. The molecule has 3 amide bonds. The van der Waals surface area contributed by atoms with Crippen LogP contribution >= 0.6 is 12.6 Å². The Bertz CT molecular complexity index is 775. The number of hydrogen-bond acceptors (Lipinski definition) is 7. The Kier molecular flexibility index (Phi) is 10.3. The first-order chi connectivity index (χ1) is 14.2. The highest BCUT2D eigenvalue weighted by Crippen LogP contribution is 2.05. The number of aliphatic carboxylic acids is 2. The van der Waals surface area contributed by atoms with Crippen molar-refractivity contribution in [1.29, 1.82) is 0 Å². The van der Waals surface area contributed by atoms with Gasteiger partial charge in [-0.15, -0.1) is 0 Å². The molecule has 0 saturated carbocycles. The lowest BCUT2D eigenvalue weighted by Crippen LogP contribution is -2.57. The highest BCUT2D eigenvalue weighted by molar-refractivity contribution is 7.80. The maximum absolute atomic E-state index is 12.5. The van der Waals surface area contributed by atoms with Crippen LogP contribution in [0.15, 0.2) is 30.3 Å². The molecule has 0 aromatic heterocycles. The van der Waals surface area contributed by atoms with Crippen molar-refractivity contribution in [2.24, 2.45) is 5.73 Å². The lowest BCUT2D eigenvalue weighted by molar-refractivity contribution is -0.143. The average Bonchev–Trinajstić information content (AvgIpc) is 2.70. The molecule has 164 valence electrons. The molecule has 0 spiro atoms. The third-order valence-electron chi connectivity index (χ3n) is 3.93. The fraction of sp³-hybridized carbons (Fsp3) is 0.389. The number of thiol groups is 1. The number of hydrogen-bond donors (Lipinski definition) is 7. The van der Waals surface area contributed by atoms with Gasteiger partial charge in [-0.1, -0.05) is 30.3 Å². The number of benzene rings is 1. The van der Waals surface area contributed by atoms with Crippen LogP contribution in [0.25, 0.3) is 0 Å². The zero-order valence-electron chi connectivity index (χ0n) is 15.9. The molecule has 1 aromatic carbocycles. The van der Waals surface area contributed by atoms with Crippen LogP contribution in [-0.2, 0) is 30.4 Å². The van der Waals surface area contributed by atoms with Gasteiger partial charge in [0, 0.05) is 12.2 Å². The maximum Gasteiger partial charge on any atom is 0.326 e. The van der Waals surface area contributed by atoms with Gasteiger partial charge in [0.05, 0.1) is 13.0 Å². The second kappa shape index (κ2) is 12.4. The summed E-state index contributed by atoms with van der Waals surface area (Å²) in [6, 6.07) is 4.44. The van der Waals surface area contributed by atoms with Gasteiger partial charge >= 0.3 is 11.9 Å². The first-order valence-electron chi connectivity index (χ1n) is 8.87. The Labute approximate surface area is 177 Å². The predicted octanol–water partition coefficient (Wildman–Crippen LogP) is -1.87. The Balaban J connectivity index is 2.90. The lowest BCUT2D eigenvalue weighted by atomic mass is 10.0. The lowest BCUT2D eigenvalue weighted by Gasteiger charge is -2.23. The van der Waals surface area contributed by atoms with Crippen molar-refractivity contribution in [3.63, 3.8) is 0 Å². The number of carbonyl (C=O) groups excluding carboxylic acids is 3. The van der Waals surface area contributed by atoms with Crippen molar-refractivity contribution in [3.05, 3.63) is 35.9 Å². The molecule has 1 aromatic rings. The first-order valence-corrected chi connectivity index (χ1v) is 9.50. The minimum absolute atomic E-state index is 0.0402. The van der Waals surface area contributed by atoms with E-state index in [1.807, 2.05) is 0 Å². The molecule has 0 bridgehead atoms. The number of carboxylic acids is 2. The largest absolute Gasteiger partial charge is 0.481 e. The molecule has 12 heteroatoms. The second-order valence-electron chi connectivity index (χ2n) is 6.25. The summed E-state index contributed by atoms with van der Waals surface area (Å²) in [6.45, 7) is -0.379. The molecule has 30 heavy (non-hydrogen) atoms. The highest BCUT2D eigenvalue weighted by Gasteiger charge is 2.30. The van der Waals surface area contributed by atoms with E-state index in [1.54, 1.807) is 30.3 Å². The maximum atomic E-state index is 12.5. The van der Waals surface area contributed by atoms with Gasteiger partial charge in [0.1, 0.15) is 18.1 Å². The molecular weight excluding hydrogens is 416 g/mol. The van der Waals surface area contributed by atoms with Crippen molar-refractivity contribution < 1.29 is 34.2 Å².